The largest absolute Gasteiger partial charge is 0.203 e. The molecule has 3 rings (SSSR count). The van der Waals surface area contributed by atoms with Gasteiger partial charge in [0.05, 0.1) is 11.4 Å². The van der Waals surface area contributed by atoms with Crippen LogP contribution in [-0.2, 0) is 12.8 Å². The molecular formula is C29H42F2N2. The summed E-state index contributed by atoms with van der Waals surface area (Å²) < 4.78 is 29.0. The van der Waals surface area contributed by atoms with E-state index in [1.807, 2.05) is 13.0 Å². The van der Waals surface area contributed by atoms with Crippen molar-refractivity contribution in [3.8, 4) is 11.3 Å². The highest BCUT2D eigenvalue weighted by Gasteiger charge is 2.21. The molecule has 1 aliphatic rings. The average Bonchev–Trinajstić information content (AvgIpc) is 2.85. The molecule has 2 aromatic rings. The summed E-state index contributed by atoms with van der Waals surface area (Å²) in [4.78, 5) is 0. The average molecular weight is 457 g/mol. The molecule has 1 heterocycles. The van der Waals surface area contributed by atoms with E-state index in [4.69, 9.17) is 0 Å². The van der Waals surface area contributed by atoms with E-state index >= 15 is 0 Å². The molecule has 0 N–H and O–H groups in total. The molecule has 0 atom stereocenters. The Morgan fingerprint density at radius 2 is 1.39 bits per heavy atom. The molecule has 0 bridgehead atoms. The van der Waals surface area contributed by atoms with Crippen LogP contribution in [0.3, 0.4) is 0 Å². The van der Waals surface area contributed by atoms with E-state index in [0.29, 0.717) is 17.7 Å². The Morgan fingerprint density at radius 3 is 2.06 bits per heavy atom. The number of nitrogens with zero attached hydrogens (tertiary/aromatic N) is 2. The number of aryl methyl sites for hydroxylation is 2. The Morgan fingerprint density at radius 1 is 0.697 bits per heavy atom. The molecule has 182 valence electrons. The van der Waals surface area contributed by atoms with E-state index in [1.54, 1.807) is 18.2 Å². The maximum Gasteiger partial charge on any atom is 0.168 e. The van der Waals surface area contributed by atoms with Crippen molar-refractivity contribution < 1.29 is 8.78 Å². The van der Waals surface area contributed by atoms with Crippen molar-refractivity contribution in [3.63, 3.8) is 0 Å². The normalized spacial score (nSPS) is 18.5. The van der Waals surface area contributed by atoms with Gasteiger partial charge in [0, 0.05) is 5.56 Å². The fraction of sp³-hybridized carbons (Fsp3) is 0.655. The van der Waals surface area contributed by atoms with E-state index in [2.05, 4.69) is 17.1 Å². The zero-order valence-electron chi connectivity index (χ0n) is 20.7. The van der Waals surface area contributed by atoms with Crippen LogP contribution in [0.2, 0.25) is 0 Å². The molecule has 0 amide bonds. The van der Waals surface area contributed by atoms with Crippen LogP contribution in [0.5, 0.6) is 0 Å². The lowest BCUT2D eigenvalue weighted by Crippen LogP contribution is -2.15. The zero-order valence-corrected chi connectivity index (χ0v) is 20.7. The number of unbranched alkanes of at least 4 members (excludes halogenated alkanes) is 5. The predicted octanol–water partition coefficient (Wildman–Crippen LogP) is 8.86. The van der Waals surface area contributed by atoms with Gasteiger partial charge in [-0.05, 0) is 61.3 Å². The van der Waals surface area contributed by atoms with Crippen molar-refractivity contribution >= 4 is 0 Å². The Kier molecular flexibility index (Phi) is 10.8. The third-order valence-electron chi connectivity index (χ3n) is 7.45. The summed E-state index contributed by atoms with van der Waals surface area (Å²) >= 11 is 0. The number of aromatic nitrogens is 2. The minimum Gasteiger partial charge on any atom is -0.203 e. The number of hydrogen-bond acceptors (Lipinski definition) is 2. The van der Waals surface area contributed by atoms with Crippen LogP contribution in [-0.4, -0.2) is 10.2 Å². The fourth-order valence-electron chi connectivity index (χ4n) is 5.18. The van der Waals surface area contributed by atoms with Gasteiger partial charge < -0.3 is 0 Å². The Balaban J connectivity index is 1.44. The molecule has 2 nitrogen and oxygen atoms in total. The van der Waals surface area contributed by atoms with Crippen molar-refractivity contribution in [2.45, 2.75) is 110 Å². The van der Waals surface area contributed by atoms with Crippen LogP contribution in [0.1, 0.15) is 109 Å². The zero-order chi connectivity index (χ0) is 23.5. The minimum absolute atomic E-state index is 0.194. The lowest BCUT2D eigenvalue weighted by molar-refractivity contribution is 0.248. The topological polar surface area (TPSA) is 25.8 Å². The quantitative estimate of drug-likeness (QED) is 0.281. The first kappa shape index (κ1) is 25.8. The van der Waals surface area contributed by atoms with Crippen molar-refractivity contribution in [2.75, 3.05) is 0 Å². The standard InChI is InChI=1S/C29H42F2N2/c1-3-5-7-8-9-10-22-12-14-23(15-13-22)16-18-25-19-21-27(33-32-25)26-20-17-24(11-6-4-2)28(30)29(26)31/h17,19-23H,3-16,18H2,1-2H3. The van der Waals surface area contributed by atoms with Gasteiger partial charge in [0.1, 0.15) is 0 Å². The van der Waals surface area contributed by atoms with Crippen LogP contribution in [0.25, 0.3) is 11.3 Å². The molecule has 33 heavy (non-hydrogen) atoms. The molecule has 0 radical (unpaired) electrons. The molecule has 1 fully saturated rings. The van der Waals surface area contributed by atoms with Gasteiger partial charge in [0.15, 0.2) is 11.6 Å². The lowest BCUT2D eigenvalue weighted by Gasteiger charge is -2.28. The molecule has 0 saturated heterocycles. The van der Waals surface area contributed by atoms with E-state index in [0.717, 1.165) is 43.2 Å². The van der Waals surface area contributed by atoms with Crippen molar-refractivity contribution in [1.82, 2.24) is 10.2 Å². The summed E-state index contributed by atoms with van der Waals surface area (Å²) in [5, 5.41) is 8.54. The first-order valence-electron chi connectivity index (χ1n) is 13.4. The minimum atomic E-state index is -0.812. The Labute approximate surface area is 199 Å². The van der Waals surface area contributed by atoms with E-state index in [9.17, 15) is 8.78 Å². The van der Waals surface area contributed by atoms with Gasteiger partial charge in [-0.1, -0.05) is 90.5 Å². The smallest absolute Gasteiger partial charge is 0.168 e. The van der Waals surface area contributed by atoms with Crippen LogP contribution in [0.15, 0.2) is 24.3 Å². The van der Waals surface area contributed by atoms with Gasteiger partial charge in [0.25, 0.3) is 0 Å². The summed E-state index contributed by atoms with van der Waals surface area (Å²) in [5.74, 6) is 0.159. The van der Waals surface area contributed by atoms with Crippen molar-refractivity contribution in [1.29, 1.82) is 0 Å². The van der Waals surface area contributed by atoms with Crippen LogP contribution >= 0.6 is 0 Å². The van der Waals surface area contributed by atoms with Gasteiger partial charge in [-0.15, -0.1) is 0 Å². The highest BCUT2D eigenvalue weighted by molar-refractivity contribution is 5.60. The molecule has 1 aromatic carbocycles. The molecular weight excluding hydrogens is 414 g/mol. The van der Waals surface area contributed by atoms with Crippen LogP contribution < -0.4 is 0 Å². The number of halogens is 2. The van der Waals surface area contributed by atoms with Gasteiger partial charge in [-0.25, -0.2) is 8.78 Å². The monoisotopic (exact) mass is 456 g/mol. The van der Waals surface area contributed by atoms with Crippen LogP contribution in [0.4, 0.5) is 8.78 Å². The van der Waals surface area contributed by atoms with Gasteiger partial charge >= 0.3 is 0 Å². The lowest BCUT2D eigenvalue weighted by atomic mass is 9.78. The molecule has 1 aliphatic carbocycles. The SMILES string of the molecule is CCCCCCCC1CCC(CCc2ccc(-c3ccc(CCCC)c(F)c3F)nn2)CC1. The second-order valence-electron chi connectivity index (χ2n) is 10.0. The second-order valence-corrected chi connectivity index (χ2v) is 10.0. The van der Waals surface area contributed by atoms with Gasteiger partial charge in [-0.3, -0.25) is 0 Å². The summed E-state index contributed by atoms with van der Waals surface area (Å²) in [6, 6.07) is 7.02. The second kappa shape index (κ2) is 13.8. The van der Waals surface area contributed by atoms with Gasteiger partial charge in [-0.2, -0.15) is 10.2 Å². The first-order valence-corrected chi connectivity index (χ1v) is 13.4. The summed E-state index contributed by atoms with van der Waals surface area (Å²) in [5.41, 5.74) is 1.97. The molecule has 0 unspecified atom stereocenters. The third kappa shape index (κ3) is 7.86. The van der Waals surface area contributed by atoms with E-state index in [-0.39, 0.29) is 5.56 Å². The molecule has 1 saturated carbocycles. The Bertz CT molecular complexity index is 826. The highest BCUT2D eigenvalue weighted by atomic mass is 19.2. The first-order chi connectivity index (χ1) is 16.1. The highest BCUT2D eigenvalue weighted by Crippen LogP contribution is 2.34. The molecule has 1 aromatic heterocycles. The third-order valence-corrected chi connectivity index (χ3v) is 7.45. The maximum absolute atomic E-state index is 14.6. The Hall–Kier alpha value is -1.84. The number of hydrogen-bond donors (Lipinski definition) is 0. The maximum atomic E-state index is 14.6. The van der Waals surface area contributed by atoms with Gasteiger partial charge in [0.2, 0.25) is 0 Å². The number of rotatable bonds is 13. The summed E-state index contributed by atoms with van der Waals surface area (Å²) in [6.45, 7) is 4.32. The van der Waals surface area contributed by atoms with Crippen LogP contribution in [0, 0.1) is 23.5 Å². The van der Waals surface area contributed by atoms with E-state index < -0.39 is 11.6 Å². The van der Waals surface area contributed by atoms with E-state index in [1.165, 1.54) is 64.2 Å². The number of benzene rings is 1. The fourth-order valence-corrected chi connectivity index (χ4v) is 5.18. The predicted molar refractivity (Wildman–Crippen MR) is 133 cm³/mol. The van der Waals surface area contributed by atoms with Crippen molar-refractivity contribution in [2.24, 2.45) is 11.8 Å². The van der Waals surface area contributed by atoms with Crippen molar-refractivity contribution in [3.05, 3.63) is 47.2 Å². The summed E-state index contributed by atoms with van der Waals surface area (Å²) in [6.07, 6.45) is 18.2. The molecule has 0 aliphatic heterocycles. The summed E-state index contributed by atoms with van der Waals surface area (Å²) in [7, 11) is 0. The molecule has 0 spiro atoms. The molecule has 4 heteroatoms.